The molecule has 8 unspecified atom stereocenters. The number of methoxy groups -OCH3 is 1. The predicted molar refractivity (Wildman–Crippen MR) is 205 cm³/mol. The summed E-state index contributed by atoms with van der Waals surface area (Å²) in [7, 11) is 4.33. The number of hydrogen-bond donors (Lipinski definition) is 3. The van der Waals surface area contributed by atoms with Gasteiger partial charge in [-0.15, -0.1) is 0 Å². The highest BCUT2D eigenvalue weighted by atomic mass is 16.7. The fourth-order valence-electron chi connectivity index (χ4n) is 6.71. The maximum absolute atomic E-state index is 13.4. The van der Waals surface area contributed by atoms with Gasteiger partial charge in [0, 0.05) is 54.1 Å². The van der Waals surface area contributed by atoms with E-state index in [0.29, 0.717) is 23.3 Å². The highest BCUT2D eigenvalue weighted by molar-refractivity contribution is 5.89. The van der Waals surface area contributed by atoms with Crippen LogP contribution in [0.1, 0.15) is 78.9 Å². The second-order valence-corrected chi connectivity index (χ2v) is 14.5. The molecule has 2 rings (SSSR count). The predicted octanol–water partition coefficient (Wildman–Crippen LogP) is 2.14. The van der Waals surface area contributed by atoms with Gasteiger partial charge in [0.25, 0.3) is 0 Å². The molecule has 0 aromatic heterocycles. The van der Waals surface area contributed by atoms with Crippen molar-refractivity contribution in [1.29, 1.82) is 0 Å². The van der Waals surface area contributed by atoms with E-state index in [1.807, 2.05) is 13.8 Å². The van der Waals surface area contributed by atoms with Crippen molar-refractivity contribution < 1.29 is 71.8 Å². The van der Waals surface area contributed by atoms with Crippen LogP contribution in [0, 0.1) is 11.8 Å². The first kappa shape index (κ1) is 49.1. The first-order valence-corrected chi connectivity index (χ1v) is 19.0. The molecule has 0 radical (unpaired) electrons. The Kier molecular flexibility index (Phi) is 19.8. The van der Waals surface area contributed by atoms with E-state index in [1.54, 1.807) is 32.0 Å². The fourth-order valence-corrected chi connectivity index (χ4v) is 6.71. The highest BCUT2D eigenvalue weighted by Crippen LogP contribution is 2.30. The zero-order valence-corrected chi connectivity index (χ0v) is 35.0. The molecule has 3 amide bonds. The van der Waals surface area contributed by atoms with Crippen molar-refractivity contribution >= 4 is 41.8 Å². The van der Waals surface area contributed by atoms with Crippen molar-refractivity contribution in [2.45, 2.75) is 124 Å². The number of ether oxygens (including phenoxy) is 7. The van der Waals surface area contributed by atoms with Crippen LogP contribution in [0.5, 0.6) is 5.75 Å². The van der Waals surface area contributed by atoms with Gasteiger partial charge in [0.05, 0.1) is 31.5 Å². The van der Waals surface area contributed by atoms with Crippen LogP contribution in [0.25, 0.3) is 0 Å². The first-order valence-electron chi connectivity index (χ1n) is 19.0. The Bertz CT molecular complexity index is 1590. The monoisotopic (exact) mass is 824 g/mol. The summed E-state index contributed by atoms with van der Waals surface area (Å²) in [6, 6.07) is 3.28. The van der Waals surface area contributed by atoms with Crippen molar-refractivity contribution in [2.24, 2.45) is 17.6 Å². The van der Waals surface area contributed by atoms with E-state index in [4.69, 9.17) is 38.9 Å². The van der Waals surface area contributed by atoms with E-state index < -0.39 is 91.1 Å². The number of carbonyl (C=O) groups excluding carboxylic acids is 6. The molecule has 1 fully saturated rings. The summed E-state index contributed by atoms with van der Waals surface area (Å²) in [6.07, 6.45) is -5.43. The van der Waals surface area contributed by atoms with Gasteiger partial charge < -0.3 is 54.2 Å². The molecule has 1 aliphatic rings. The molecule has 1 aromatic rings. The van der Waals surface area contributed by atoms with Gasteiger partial charge in [-0.25, -0.2) is 4.79 Å². The SMILES string of the molecule is CCC(C)C(C(CC(=O)O)OC)N(C)C(=O)CNC(=O)C(C(C)C)N(C)C(=O)OCc1ccc(OC2CC(OC(C)=O)C(OC(C)=O)C(COC(C)=O)O2)c(CN)c1. The molecule has 58 heavy (non-hydrogen) atoms. The van der Waals surface area contributed by atoms with Crippen LogP contribution in [0.3, 0.4) is 0 Å². The molecule has 4 N–H and O–H groups in total. The summed E-state index contributed by atoms with van der Waals surface area (Å²) < 4.78 is 39.0. The Morgan fingerprint density at radius 3 is 2.16 bits per heavy atom. The normalized spacial score (nSPS) is 19.7. The lowest BCUT2D eigenvalue weighted by Crippen LogP contribution is -2.55. The van der Waals surface area contributed by atoms with Crippen LogP contribution in [-0.4, -0.2) is 134 Å². The van der Waals surface area contributed by atoms with Gasteiger partial charge in [0.15, 0.2) is 6.10 Å². The lowest BCUT2D eigenvalue weighted by atomic mass is 9.91. The summed E-state index contributed by atoms with van der Waals surface area (Å²) in [4.78, 5) is 89.2. The largest absolute Gasteiger partial charge is 0.481 e. The number of aliphatic carboxylic acids is 1. The highest BCUT2D eigenvalue weighted by Gasteiger charge is 2.45. The molecule has 1 aromatic carbocycles. The van der Waals surface area contributed by atoms with E-state index in [-0.39, 0.29) is 44.4 Å². The third-order valence-corrected chi connectivity index (χ3v) is 9.67. The number of esters is 3. The summed E-state index contributed by atoms with van der Waals surface area (Å²) >= 11 is 0. The molecule has 1 saturated heterocycles. The van der Waals surface area contributed by atoms with E-state index in [1.165, 1.54) is 46.9 Å². The number of rotatable bonds is 21. The lowest BCUT2D eigenvalue weighted by Gasteiger charge is -2.40. The molecular formula is C39H60N4O15. The smallest absolute Gasteiger partial charge is 0.410 e. The number of carboxylic acid groups (broad SMARTS) is 1. The van der Waals surface area contributed by atoms with Crippen molar-refractivity contribution in [2.75, 3.05) is 34.4 Å². The molecule has 1 heterocycles. The van der Waals surface area contributed by atoms with Gasteiger partial charge >= 0.3 is 30.0 Å². The standard InChI is InChI=1S/C39H60N4O15/c1-11-22(4)36(29(52-10)15-33(48)49)42(8)32(47)18-41-38(50)35(21(2)3)43(9)39(51)54-19-26-12-13-28(27(14-26)17-40)57-34-16-30(55-24(6)45)37(56-25(7)46)31(58-34)20-53-23(5)44/h12-14,21-22,29-31,34-37H,11,15-20,40H2,1-10H3,(H,41,50)(H,48,49). The van der Waals surface area contributed by atoms with Crippen molar-refractivity contribution in [3.05, 3.63) is 29.3 Å². The van der Waals surface area contributed by atoms with Gasteiger partial charge in [-0.1, -0.05) is 40.2 Å². The molecule has 326 valence electrons. The summed E-state index contributed by atoms with van der Waals surface area (Å²) in [5.74, 6) is -4.21. The summed E-state index contributed by atoms with van der Waals surface area (Å²) in [6.45, 7) is 9.95. The molecule has 0 spiro atoms. The van der Waals surface area contributed by atoms with E-state index in [9.17, 15) is 38.7 Å². The summed E-state index contributed by atoms with van der Waals surface area (Å²) in [5, 5.41) is 12.0. The Morgan fingerprint density at radius 1 is 0.966 bits per heavy atom. The van der Waals surface area contributed by atoms with Crippen LogP contribution < -0.4 is 15.8 Å². The molecule has 19 heteroatoms. The fraction of sp³-hybridized carbons (Fsp3) is 0.667. The number of benzene rings is 1. The molecule has 0 saturated carbocycles. The average molecular weight is 825 g/mol. The van der Waals surface area contributed by atoms with Crippen LogP contribution >= 0.6 is 0 Å². The quantitative estimate of drug-likeness (QED) is 0.119. The van der Waals surface area contributed by atoms with Crippen molar-refractivity contribution in [3.8, 4) is 5.75 Å². The minimum atomic E-state index is -1.08. The van der Waals surface area contributed by atoms with Gasteiger partial charge in [-0.2, -0.15) is 0 Å². The van der Waals surface area contributed by atoms with Crippen LogP contribution in [0.15, 0.2) is 18.2 Å². The van der Waals surface area contributed by atoms with Crippen molar-refractivity contribution in [3.63, 3.8) is 0 Å². The summed E-state index contributed by atoms with van der Waals surface area (Å²) in [5.41, 5.74) is 7.07. The van der Waals surface area contributed by atoms with E-state index >= 15 is 0 Å². The van der Waals surface area contributed by atoms with Crippen LogP contribution in [0.4, 0.5) is 4.79 Å². The third-order valence-electron chi connectivity index (χ3n) is 9.67. The van der Waals surface area contributed by atoms with Gasteiger partial charge in [-0.05, 0) is 29.5 Å². The maximum Gasteiger partial charge on any atom is 0.410 e. The second-order valence-electron chi connectivity index (χ2n) is 14.5. The Balaban J connectivity index is 2.14. The van der Waals surface area contributed by atoms with Crippen LogP contribution in [-0.2, 0) is 70.3 Å². The number of amides is 3. The van der Waals surface area contributed by atoms with Gasteiger partial charge in [-0.3, -0.25) is 33.7 Å². The zero-order chi connectivity index (χ0) is 43.9. The Labute approximate surface area is 339 Å². The number of nitrogens with zero attached hydrogens (tertiary/aromatic N) is 2. The molecule has 8 atom stereocenters. The van der Waals surface area contributed by atoms with Crippen LogP contribution in [0.2, 0.25) is 0 Å². The molecule has 19 nitrogen and oxygen atoms in total. The minimum absolute atomic E-state index is 0.00262. The van der Waals surface area contributed by atoms with Gasteiger partial charge in [0.2, 0.25) is 18.1 Å². The number of hydrogen-bond acceptors (Lipinski definition) is 15. The maximum atomic E-state index is 13.4. The number of nitrogens with two attached hydrogens (primary N) is 1. The van der Waals surface area contributed by atoms with E-state index in [2.05, 4.69) is 5.32 Å². The average Bonchev–Trinajstić information content (AvgIpc) is 3.15. The Hall–Kier alpha value is -5.01. The number of carbonyl (C=O) groups is 7. The lowest BCUT2D eigenvalue weighted by molar-refractivity contribution is -0.245. The third kappa shape index (κ3) is 14.7. The number of likely N-dealkylation sites (N-methyl/N-ethyl adjacent to an activating group) is 2. The molecule has 0 aliphatic carbocycles. The second kappa shape index (κ2) is 23.4. The topological polar surface area (TPSA) is 249 Å². The minimum Gasteiger partial charge on any atom is -0.481 e. The zero-order valence-electron chi connectivity index (χ0n) is 35.0. The van der Waals surface area contributed by atoms with Crippen molar-refractivity contribution in [1.82, 2.24) is 15.1 Å². The number of nitrogens with one attached hydrogen (secondary N) is 1. The number of carboxylic acids is 1. The molecule has 0 bridgehead atoms. The van der Waals surface area contributed by atoms with Gasteiger partial charge in [0.1, 0.15) is 37.2 Å². The Morgan fingerprint density at radius 2 is 1.62 bits per heavy atom. The molecule has 1 aliphatic heterocycles. The van der Waals surface area contributed by atoms with E-state index in [0.717, 1.165) is 4.90 Å². The molecular weight excluding hydrogens is 764 g/mol. The first-order chi connectivity index (χ1) is 27.2.